The van der Waals surface area contributed by atoms with E-state index in [0.717, 1.165) is 6.07 Å². The van der Waals surface area contributed by atoms with Gasteiger partial charge < -0.3 is 4.98 Å². The summed E-state index contributed by atoms with van der Waals surface area (Å²) in [6.45, 7) is 0. The van der Waals surface area contributed by atoms with Crippen LogP contribution in [0.5, 0.6) is 0 Å². The Hall–Kier alpha value is -2.11. The molecule has 0 spiro atoms. The van der Waals surface area contributed by atoms with Crippen LogP contribution in [0, 0.1) is 5.82 Å². The lowest BCUT2D eigenvalue weighted by Gasteiger charge is -2.09. The molecule has 1 aromatic heterocycles. The fourth-order valence-corrected chi connectivity index (χ4v) is 1.52. The molecule has 94 valence electrons. The van der Waals surface area contributed by atoms with E-state index in [1.807, 2.05) is 0 Å². The van der Waals surface area contributed by atoms with Crippen LogP contribution in [0.25, 0.3) is 0 Å². The fourth-order valence-electron chi connectivity index (χ4n) is 1.52. The van der Waals surface area contributed by atoms with E-state index in [9.17, 15) is 22.4 Å². The Kier molecular flexibility index (Phi) is 2.94. The lowest BCUT2D eigenvalue weighted by Crippen LogP contribution is -2.10. The van der Waals surface area contributed by atoms with Gasteiger partial charge in [0, 0.05) is 23.5 Å². The zero-order valence-electron chi connectivity index (χ0n) is 8.88. The van der Waals surface area contributed by atoms with Gasteiger partial charge in [-0.05, 0) is 24.3 Å². The van der Waals surface area contributed by atoms with Gasteiger partial charge >= 0.3 is 6.18 Å². The maximum atomic E-state index is 13.0. The van der Waals surface area contributed by atoms with Crippen molar-refractivity contribution in [1.29, 1.82) is 0 Å². The first-order valence-electron chi connectivity index (χ1n) is 4.94. The number of benzene rings is 1. The summed E-state index contributed by atoms with van der Waals surface area (Å²) < 4.78 is 50.5. The molecule has 1 heterocycles. The molecule has 18 heavy (non-hydrogen) atoms. The third-order valence-corrected chi connectivity index (χ3v) is 2.39. The van der Waals surface area contributed by atoms with Gasteiger partial charge in [0.05, 0.1) is 5.56 Å². The van der Waals surface area contributed by atoms with E-state index < -0.39 is 23.3 Å². The quantitative estimate of drug-likeness (QED) is 0.649. The molecule has 1 aromatic carbocycles. The molecule has 0 saturated carbocycles. The largest absolute Gasteiger partial charge is 0.419 e. The molecule has 0 aliphatic carbocycles. The van der Waals surface area contributed by atoms with E-state index in [4.69, 9.17) is 0 Å². The third-order valence-electron chi connectivity index (χ3n) is 2.39. The number of aromatic amines is 1. The predicted molar refractivity (Wildman–Crippen MR) is 55.6 cm³/mol. The SMILES string of the molecule is O=C(c1cc[nH]c1)c1ccc(F)c(C(F)(F)F)c1. The number of aromatic nitrogens is 1. The topological polar surface area (TPSA) is 32.9 Å². The van der Waals surface area contributed by atoms with Crippen LogP contribution in [0.3, 0.4) is 0 Å². The van der Waals surface area contributed by atoms with Crippen molar-refractivity contribution >= 4 is 5.78 Å². The smallest absolute Gasteiger partial charge is 0.367 e. The number of nitrogens with one attached hydrogen (secondary N) is 1. The van der Waals surface area contributed by atoms with Gasteiger partial charge in [-0.2, -0.15) is 13.2 Å². The van der Waals surface area contributed by atoms with Crippen molar-refractivity contribution in [2.75, 3.05) is 0 Å². The van der Waals surface area contributed by atoms with Crippen LogP contribution in [0.4, 0.5) is 17.6 Å². The Morgan fingerprint density at radius 3 is 2.39 bits per heavy atom. The molecule has 0 aliphatic heterocycles. The third kappa shape index (κ3) is 2.27. The molecule has 0 fully saturated rings. The van der Waals surface area contributed by atoms with Crippen molar-refractivity contribution in [1.82, 2.24) is 4.98 Å². The van der Waals surface area contributed by atoms with Crippen LogP contribution < -0.4 is 0 Å². The zero-order valence-corrected chi connectivity index (χ0v) is 8.88. The number of hydrogen-bond acceptors (Lipinski definition) is 1. The maximum Gasteiger partial charge on any atom is 0.419 e. The van der Waals surface area contributed by atoms with E-state index in [2.05, 4.69) is 4.98 Å². The summed E-state index contributed by atoms with van der Waals surface area (Å²) in [6, 6.07) is 3.62. The van der Waals surface area contributed by atoms with Gasteiger partial charge in [-0.1, -0.05) is 0 Å². The Bertz CT molecular complexity index is 572. The Balaban J connectivity index is 2.45. The first-order valence-corrected chi connectivity index (χ1v) is 4.94. The highest BCUT2D eigenvalue weighted by Crippen LogP contribution is 2.32. The van der Waals surface area contributed by atoms with Crippen LogP contribution in [0.1, 0.15) is 21.5 Å². The molecule has 0 bridgehead atoms. The van der Waals surface area contributed by atoms with Crippen molar-refractivity contribution in [3.63, 3.8) is 0 Å². The average molecular weight is 257 g/mol. The Morgan fingerprint density at radius 1 is 1.11 bits per heavy atom. The number of alkyl halides is 3. The van der Waals surface area contributed by atoms with Crippen LogP contribution in [-0.2, 0) is 6.18 Å². The molecule has 0 saturated heterocycles. The van der Waals surface area contributed by atoms with Gasteiger partial charge in [0.1, 0.15) is 5.82 Å². The molecule has 0 aliphatic rings. The standard InChI is InChI=1S/C12H7F4NO/c13-10-2-1-7(5-9(10)12(14,15)16)11(18)8-3-4-17-6-8/h1-6,17H. The van der Waals surface area contributed by atoms with Crippen LogP contribution in [0.15, 0.2) is 36.7 Å². The summed E-state index contributed by atoms with van der Waals surface area (Å²) in [6.07, 6.45) is -1.99. The number of rotatable bonds is 2. The van der Waals surface area contributed by atoms with Gasteiger partial charge in [0.2, 0.25) is 0 Å². The minimum Gasteiger partial charge on any atom is -0.367 e. The van der Waals surface area contributed by atoms with Gasteiger partial charge in [-0.25, -0.2) is 4.39 Å². The summed E-state index contributed by atoms with van der Waals surface area (Å²) in [7, 11) is 0. The minimum atomic E-state index is -4.82. The molecule has 1 N–H and O–H groups in total. The van der Waals surface area contributed by atoms with Gasteiger partial charge in [-0.15, -0.1) is 0 Å². The summed E-state index contributed by atoms with van der Waals surface area (Å²) in [5.74, 6) is -1.99. The fraction of sp³-hybridized carbons (Fsp3) is 0.0833. The van der Waals surface area contributed by atoms with E-state index in [1.165, 1.54) is 18.5 Å². The molecular weight excluding hydrogens is 250 g/mol. The van der Waals surface area contributed by atoms with Gasteiger partial charge in [0.25, 0.3) is 0 Å². The highest BCUT2D eigenvalue weighted by Gasteiger charge is 2.34. The molecular formula is C12H7F4NO. The minimum absolute atomic E-state index is 0.205. The molecule has 0 unspecified atom stereocenters. The monoisotopic (exact) mass is 257 g/mol. The number of carbonyl (C=O) groups excluding carboxylic acids is 1. The molecule has 0 radical (unpaired) electrons. The normalized spacial score (nSPS) is 11.6. The molecule has 0 atom stereocenters. The molecule has 2 nitrogen and oxygen atoms in total. The van der Waals surface area contributed by atoms with Crippen LogP contribution in [-0.4, -0.2) is 10.8 Å². The summed E-state index contributed by atoms with van der Waals surface area (Å²) >= 11 is 0. The first-order chi connectivity index (χ1) is 8.39. The van der Waals surface area contributed by atoms with Crippen LogP contribution >= 0.6 is 0 Å². The number of hydrogen-bond donors (Lipinski definition) is 1. The summed E-state index contributed by atoms with van der Waals surface area (Å²) in [4.78, 5) is 14.4. The second-order valence-corrected chi connectivity index (χ2v) is 3.62. The number of carbonyl (C=O) groups is 1. The van der Waals surface area contributed by atoms with E-state index in [0.29, 0.717) is 12.1 Å². The molecule has 2 aromatic rings. The maximum absolute atomic E-state index is 13.0. The number of H-pyrrole nitrogens is 1. The Labute approximate surface area is 99.3 Å². The van der Waals surface area contributed by atoms with E-state index in [1.54, 1.807) is 0 Å². The number of halogens is 4. The molecule has 2 rings (SSSR count). The van der Waals surface area contributed by atoms with Gasteiger partial charge in [0.15, 0.2) is 5.78 Å². The highest BCUT2D eigenvalue weighted by molar-refractivity contribution is 6.08. The lowest BCUT2D eigenvalue weighted by atomic mass is 10.0. The lowest BCUT2D eigenvalue weighted by molar-refractivity contribution is -0.140. The molecule has 0 amide bonds. The highest BCUT2D eigenvalue weighted by atomic mass is 19.4. The first kappa shape index (κ1) is 12.3. The van der Waals surface area contributed by atoms with E-state index >= 15 is 0 Å². The summed E-state index contributed by atoms with van der Waals surface area (Å²) in [5, 5.41) is 0. The van der Waals surface area contributed by atoms with Gasteiger partial charge in [-0.3, -0.25) is 4.79 Å². The molecule has 6 heteroatoms. The van der Waals surface area contributed by atoms with E-state index in [-0.39, 0.29) is 11.1 Å². The zero-order chi connectivity index (χ0) is 13.3. The van der Waals surface area contributed by atoms with Crippen molar-refractivity contribution < 1.29 is 22.4 Å². The second-order valence-electron chi connectivity index (χ2n) is 3.62. The second kappa shape index (κ2) is 4.29. The van der Waals surface area contributed by atoms with Crippen LogP contribution in [0.2, 0.25) is 0 Å². The predicted octanol–water partition coefficient (Wildman–Crippen LogP) is 3.40. The summed E-state index contributed by atoms with van der Waals surface area (Å²) in [5.41, 5.74) is -1.43. The van der Waals surface area contributed by atoms with Crippen molar-refractivity contribution in [2.24, 2.45) is 0 Å². The van der Waals surface area contributed by atoms with Crippen molar-refractivity contribution in [2.45, 2.75) is 6.18 Å². The number of ketones is 1. The Morgan fingerprint density at radius 2 is 1.83 bits per heavy atom. The van der Waals surface area contributed by atoms with Crippen molar-refractivity contribution in [3.05, 3.63) is 59.2 Å². The average Bonchev–Trinajstić information content (AvgIpc) is 2.80. The van der Waals surface area contributed by atoms with Crippen molar-refractivity contribution in [3.8, 4) is 0 Å².